The first-order valence-electron chi connectivity index (χ1n) is 12.6. The van der Waals surface area contributed by atoms with Gasteiger partial charge >= 0.3 is 6.02 Å². The zero-order valence-electron chi connectivity index (χ0n) is 22.4. The summed E-state index contributed by atoms with van der Waals surface area (Å²) in [5.41, 5.74) is 1.78. The summed E-state index contributed by atoms with van der Waals surface area (Å²) >= 11 is 0. The molecule has 4 aromatic rings. The van der Waals surface area contributed by atoms with Crippen LogP contribution in [0.5, 0.6) is 11.5 Å². The van der Waals surface area contributed by atoms with Gasteiger partial charge in [-0.3, -0.25) is 9.78 Å². The number of pyridine rings is 1. The van der Waals surface area contributed by atoms with Crippen LogP contribution < -0.4 is 25.4 Å². The van der Waals surface area contributed by atoms with Gasteiger partial charge in [-0.15, -0.1) is 0 Å². The van der Waals surface area contributed by atoms with E-state index < -0.39 is 5.82 Å². The Balaban J connectivity index is 1.42. The van der Waals surface area contributed by atoms with Crippen molar-refractivity contribution in [2.24, 2.45) is 4.99 Å². The number of benzene rings is 2. The minimum Gasteiger partial charge on any atom is -0.491 e. The number of nitriles is 1. The number of aromatic nitrogens is 3. The summed E-state index contributed by atoms with van der Waals surface area (Å²) in [4.78, 5) is 30.0. The minimum atomic E-state index is -0.456. The number of carbonyl (C=O) groups excluding carboxylic acids is 1. The number of para-hydroxylation sites is 1. The van der Waals surface area contributed by atoms with Gasteiger partial charge in [0.1, 0.15) is 11.6 Å². The third kappa shape index (κ3) is 7.73. The first-order valence-corrected chi connectivity index (χ1v) is 12.6. The molecule has 208 valence electrons. The monoisotopic (exact) mass is 554 g/mol. The van der Waals surface area contributed by atoms with Crippen molar-refractivity contribution in [2.75, 3.05) is 25.5 Å². The summed E-state index contributed by atoms with van der Waals surface area (Å²) in [7, 11) is 1.46. The summed E-state index contributed by atoms with van der Waals surface area (Å²) in [5, 5.41) is 17.3. The fourth-order valence-electron chi connectivity index (χ4n) is 3.66. The van der Waals surface area contributed by atoms with Crippen molar-refractivity contribution >= 4 is 23.4 Å². The summed E-state index contributed by atoms with van der Waals surface area (Å²) in [6.07, 6.45) is 6.66. The molecule has 4 rings (SSSR count). The molecule has 0 bridgehead atoms. The van der Waals surface area contributed by atoms with E-state index in [4.69, 9.17) is 14.7 Å². The molecular weight excluding hydrogens is 527 g/mol. The number of methoxy groups -OCH3 is 1. The molecule has 11 nitrogen and oxygen atoms in total. The van der Waals surface area contributed by atoms with Crippen molar-refractivity contribution < 1.29 is 18.7 Å². The predicted molar refractivity (Wildman–Crippen MR) is 151 cm³/mol. The third-order valence-corrected chi connectivity index (χ3v) is 5.65. The zero-order valence-corrected chi connectivity index (χ0v) is 22.4. The van der Waals surface area contributed by atoms with Crippen LogP contribution in [-0.4, -0.2) is 47.1 Å². The number of amidine groups is 1. The van der Waals surface area contributed by atoms with E-state index in [0.717, 1.165) is 5.56 Å². The first-order chi connectivity index (χ1) is 20.0. The van der Waals surface area contributed by atoms with Gasteiger partial charge in [0.15, 0.2) is 23.6 Å². The number of hydrogen-bond acceptors (Lipinski definition) is 9. The van der Waals surface area contributed by atoms with Crippen LogP contribution in [0.15, 0.2) is 78.2 Å². The topological polar surface area (TPSA) is 146 Å². The van der Waals surface area contributed by atoms with E-state index in [2.05, 4.69) is 35.9 Å². The lowest BCUT2D eigenvalue weighted by Crippen LogP contribution is -2.27. The maximum absolute atomic E-state index is 14.5. The van der Waals surface area contributed by atoms with Gasteiger partial charge < -0.3 is 20.1 Å². The van der Waals surface area contributed by atoms with Crippen LogP contribution in [0.3, 0.4) is 0 Å². The number of rotatable bonds is 10. The molecule has 0 fully saturated rings. The van der Waals surface area contributed by atoms with E-state index in [0.29, 0.717) is 36.7 Å². The molecule has 0 spiro atoms. The molecule has 1 amide bonds. The maximum atomic E-state index is 14.5. The third-order valence-electron chi connectivity index (χ3n) is 5.65. The number of amides is 1. The largest absolute Gasteiger partial charge is 0.491 e. The molecule has 41 heavy (non-hydrogen) atoms. The number of nitrogens with zero attached hydrogens (tertiary/aromatic N) is 5. The molecule has 3 N–H and O–H groups in total. The van der Waals surface area contributed by atoms with E-state index in [-0.39, 0.29) is 34.7 Å². The van der Waals surface area contributed by atoms with Crippen LogP contribution in [-0.2, 0) is 0 Å². The Morgan fingerprint density at radius 1 is 1.15 bits per heavy atom. The Bertz CT molecular complexity index is 1570. The standard InChI is InChI=1S/C29H27FN8O3/c1-19-9-10-23(30)21(15-19)26-35-17-25(40-2)27(38-26)37-24-11-14-32-16-22(24)28(39)33-12-6-13-34-29(36-18-31)41-20-7-4-3-5-8-20/h3-5,7-11,14-17H,6,12-13H2,1-2H3,(H,33,39)(H,34,36)(H,32,35,37,38). The number of anilines is 2. The van der Waals surface area contributed by atoms with Gasteiger partial charge in [-0.1, -0.05) is 29.8 Å². The number of aryl methyl sites for hydroxylation is 1. The summed E-state index contributed by atoms with van der Waals surface area (Å²) in [6, 6.07) is 15.3. The maximum Gasteiger partial charge on any atom is 0.303 e. The van der Waals surface area contributed by atoms with Crippen molar-refractivity contribution in [3.63, 3.8) is 0 Å². The molecule has 0 saturated carbocycles. The van der Waals surface area contributed by atoms with E-state index in [1.54, 1.807) is 48.7 Å². The minimum absolute atomic E-state index is 0.0625. The van der Waals surface area contributed by atoms with Crippen molar-refractivity contribution in [2.45, 2.75) is 13.3 Å². The second-order valence-electron chi connectivity index (χ2n) is 8.59. The van der Waals surface area contributed by atoms with E-state index >= 15 is 0 Å². The number of nitrogens with one attached hydrogen (secondary N) is 3. The Hall–Kier alpha value is -5.57. The Morgan fingerprint density at radius 2 is 1.98 bits per heavy atom. The number of aliphatic imine (C=N–C) groups is 1. The number of ether oxygens (including phenoxy) is 2. The molecule has 2 aromatic heterocycles. The molecule has 2 heterocycles. The molecule has 0 radical (unpaired) electrons. The first kappa shape index (κ1) is 28.4. The SMILES string of the molecule is COc1cnc(-c2cc(C)ccc2F)nc1Nc1ccncc1C(=O)NCCCN=C(NC#N)Oc1ccccc1. The highest BCUT2D eigenvalue weighted by atomic mass is 19.1. The normalized spacial score (nSPS) is 10.8. The average Bonchev–Trinajstić information content (AvgIpc) is 2.99. The Kier molecular flexibility index (Phi) is 9.71. The van der Waals surface area contributed by atoms with Gasteiger partial charge in [0, 0.05) is 25.5 Å². The predicted octanol–water partition coefficient (Wildman–Crippen LogP) is 4.36. The summed E-state index contributed by atoms with van der Waals surface area (Å²) in [5.74, 6) is 0.430. The highest BCUT2D eigenvalue weighted by Gasteiger charge is 2.17. The van der Waals surface area contributed by atoms with E-state index in [1.165, 1.54) is 31.8 Å². The lowest BCUT2D eigenvalue weighted by atomic mass is 10.1. The lowest BCUT2D eigenvalue weighted by Gasteiger charge is -2.14. The fraction of sp³-hybridized carbons (Fsp3) is 0.172. The number of carbonyl (C=O) groups is 1. The summed E-state index contributed by atoms with van der Waals surface area (Å²) < 4.78 is 25.4. The van der Waals surface area contributed by atoms with Crippen LogP contribution in [0.2, 0.25) is 0 Å². The smallest absolute Gasteiger partial charge is 0.303 e. The van der Waals surface area contributed by atoms with Crippen LogP contribution in [0.4, 0.5) is 15.9 Å². The van der Waals surface area contributed by atoms with E-state index in [1.807, 2.05) is 13.0 Å². The van der Waals surface area contributed by atoms with Gasteiger partial charge in [-0.2, -0.15) is 5.26 Å². The van der Waals surface area contributed by atoms with Crippen LogP contribution in [0.1, 0.15) is 22.3 Å². The Morgan fingerprint density at radius 3 is 2.76 bits per heavy atom. The second-order valence-corrected chi connectivity index (χ2v) is 8.59. The molecule has 0 unspecified atom stereocenters. The zero-order chi connectivity index (χ0) is 29.0. The van der Waals surface area contributed by atoms with Crippen molar-refractivity contribution in [3.8, 4) is 29.1 Å². The molecule has 0 atom stereocenters. The van der Waals surface area contributed by atoms with Gasteiger partial charge in [0.2, 0.25) is 0 Å². The molecule has 2 aromatic carbocycles. The molecule has 12 heteroatoms. The van der Waals surface area contributed by atoms with Gasteiger partial charge in [-0.25, -0.2) is 24.7 Å². The van der Waals surface area contributed by atoms with Crippen molar-refractivity contribution in [1.29, 1.82) is 5.26 Å². The van der Waals surface area contributed by atoms with Crippen LogP contribution in [0.25, 0.3) is 11.4 Å². The average molecular weight is 555 g/mol. The van der Waals surface area contributed by atoms with Gasteiger partial charge in [0.25, 0.3) is 5.91 Å². The van der Waals surface area contributed by atoms with Gasteiger partial charge in [0.05, 0.1) is 30.1 Å². The fourth-order valence-corrected chi connectivity index (χ4v) is 3.66. The highest BCUT2D eigenvalue weighted by molar-refractivity contribution is 6.00. The van der Waals surface area contributed by atoms with E-state index in [9.17, 15) is 9.18 Å². The molecule has 0 saturated heterocycles. The van der Waals surface area contributed by atoms with Crippen molar-refractivity contribution in [3.05, 3.63) is 90.1 Å². The van der Waals surface area contributed by atoms with Crippen LogP contribution in [0, 0.1) is 24.2 Å². The quantitative estimate of drug-likeness (QED) is 0.0855. The molecule has 0 aliphatic rings. The Labute approximate surface area is 236 Å². The van der Waals surface area contributed by atoms with Gasteiger partial charge in [-0.05, 0) is 43.7 Å². The molecule has 0 aliphatic heterocycles. The second kappa shape index (κ2) is 14.0. The lowest BCUT2D eigenvalue weighted by molar-refractivity contribution is 0.0954. The van der Waals surface area contributed by atoms with Crippen molar-refractivity contribution in [1.82, 2.24) is 25.6 Å². The number of hydrogen-bond donors (Lipinski definition) is 3. The summed E-state index contributed by atoms with van der Waals surface area (Å²) in [6.45, 7) is 2.45. The molecule has 0 aliphatic carbocycles. The van der Waals surface area contributed by atoms with Crippen LogP contribution >= 0.6 is 0 Å². The highest BCUT2D eigenvalue weighted by Crippen LogP contribution is 2.30. The molecular formula is C29H27FN8O3. The number of halogens is 1.